The standard InChI is InChI=1S/C45H90O12Si7/c1-49-62(50-46,43-33-19-8-20-34-43)54-60(47,41-29-15-6-16-30-41)56-64(45-37-23-10-24-38-45)53-59(3,40-27-13-5-14-28-40)52-63(44-35-21-9-22-36-44,51-58(2)39-25-11-4-12-26-39)55-61(48,57-64)42-31-17-7-18-32-42/h39-48,58H,4-38H2,1-3H3. The highest BCUT2D eigenvalue weighted by Gasteiger charge is 2.74. The summed E-state index contributed by atoms with van der Waals surface area (Å²) < 4.78 is 67.2. The molecule has 7 unspecified atom stereocenters. The van der Waals surface area contributed by atoms with Crippen molar-refractivity contribution < 1.29 is 52.7 Å². The Morgan fingerprint density at radius 1 is 0.500 bits per heavy atom. The molecule has 1 heterocycles. The zero-order valence-corrected chi connectivity index (χ0v) is 47.5. The summed E-state index contributed by atoms with van der Waals surface area (Å²) in [5, 5.41) is 11.0. The first-order chi connectivity index (χ1) is 31.0. The van der Waals surface area contributed by atoms with Gasteiger partial charge < -0.3 is 42.8 Å². The second-order valence-corrected chi connectivity index (χ2v) is 44.1. The first-order valence-corrected chi connectivity index (χ1v) is 41.0. The maximum atomic E-state index is 14.2. The second-order valence-electron chi connectivity index (χ2n) is 22.2. The quantitative estimate of drug-likeness (QED) is 0.0816. The van der Waals surface area contributed by atoms with Gasteiger partial charge in [-0.25, -0.2) is 4.58 Å². The maximum Gasteiger partial charge on any atom is 0.525 e. The minimum atomic E-state index is -4.46. The Bertz CT molecular complexity index is 1380. The van der Waals surface area contributed by atoms with Crippen LogP contribution in [0.15, 0.2) is 0 Å². The van der Waals surface area contributed by atoms with E-state index in [2.05, 4.69) is 13.1 Å². The molecule has 0 bridgehead atoms. The van der Waals surface area contributed by atoms with E-state index in [0.717, 1.165) is 180 Å². The van der Waals surface area contributed by atoms with Gasteiger partial charge in [-0.1, -0.05) is 148 Å². The van der Waals surface area contributed by atoms with Crippen LogP contribution in [0, 0.1) is 0 Å². The van der Waals surface area contributed by atoms with Gasteiger partial charge >= 0.3 is 52.6 Å². The van der Waals surface area contributed by atoms with E-state index in [-0.39, 0.29) is 33.2 Å². The molecule has 8 fully saturated rings. The third-order valence-corrected chi connectivity index (χ3v) is 48.2. The lowest BCUT2D eigenvalue weighted by Crippen LogP contribution is -2.77. The zero-order valence-electron chi connectivity index (χ0n) is 40.4. The molecule has 7 aliphatic carbocycles. The van der Waals surface area contributed by atoms with Crippen LogP contribution in [0.4, 0.5) is 0 Å². The summed E-state index contributed by atoms with van der Waals surface area (Å²) in [7, 11) is -24.4. The molecule has 3 N–H and O–H groups in total. The Kier molecular flexibility index (Phi) is 18.5. The van der Waals surface area contributed by atoms with Crippen LogP contribution in [0.5, 0.6) is 0 Å². The van der Waals surface area contributed by atoms with Gasteiger partial charge in [0.05, 0.1) is 0 Å². The third kappa shape index (κ3) is 11.7. The molecule has 7 atom stereocenters. The molecule has 0 amide bonds. The molecule has 0 aromatic heterocycles. The molecule has 0 radical (unpaired) electrons. The smallest absolute Gasteiger partial charge is 0.419 e. The van der Waals surface area contributed by atoms with Gasteiger partial charge in [0.25, 0.3) is 0 Å². The van der Waals surface area contributed by atoms with Gasteiger partial charge in [0.1, 0.15) is 0 Å². The Morgan fingerprint density at radius 3 is 1.38 bits per heavy atom. The van der Waals surface area contributed by atoms with Crippen molar-refractivity contribution in [3.63, 3.8) is 0 Å². The van der Waals surface area contributed by atoms with Gasteiger partial charge in [0.15, 0.2) is 9.04 Å². The predicted molar refractivity (Wildman–Crippen MR) is 264 cm³/mol. The number of rotatable bonds is 15. The van der Waals surface area contributed by atoms with E-state index in [0.29, 0.717) is 5.54 Å². The van der Waals surface area contributed by atoms with Crippen LogP contribution in [-0.4, -0.2) is 83.6 Å². The SMILES string of the molecule is CO[Si](OO)(O[Si](O)(O[Si]1(C2CCCCC2)O[Si](C)(C2CCCCC2)O[Si](O[SiH](C)C2CCCCC2)(C2CCCCC2)O[Si](O)(C2CCCCC2)O1)C1CCCCC1)C1CCCCC1. The van der Waals surface area contributed by atoms with E-state index < -0.39 is 61.6 Å². The summed E-state index contributed by atoms with van der Waals surface area (Å²) in [4.78, 5) is 28.1. The summed E-state index contributed by atoms with van der Waals surface area (Å²) in [5.41, 5.74) is -0.00241. The molecule has 0 spiro atoms. The monoisotopic (exact) mass is 1020 g/mol. The largest absolute Gasteiger partial charge is 0.525 e. The highest BCUT2D eigenvalue weighted by Crippen LogP contribution is 2.56. The second kappa shape index (κ2) is 23.1. The van der Waals surface area contributed by atoms with E-state index in [4.69, 9.17) is 37.8 Å². The molecule has 7 saturated carbocycles. The van der Waals surface area contributed by atoms with Gasteiger partial charge in [0, 0.05) is 40.4 Å². The minimum absolute atomic E-state index is 0.0946. The van der Waals surface area contributed by atoms with Crippen molar-refractivity contribution in [2.45, 2.75) is 277 Å². The maximum absolute atomic E-state index is 14.2. The Hall–Kier alpha value is 1.04. The molecule has 8 rings (SSSR count). The fraction of sp³-hybridized carbons (Fsp3) is 1.00. The van der Waals surface area contributed by atoms with Gasteiger partial charge in [-0.15, -0.1) is 0 Å². The Labute approximate surface area is 396 Å². The lowest BCUT2D eigenvalue weighted by atomic mass is 10.0. The van der Waals surface area contributed by atoms with E-state index in [9.17, 15) is 14.8 Å². The van der Waals surface area contributed by atoms with Crippen LogP contribution < -0.4 is 0 Å². The van der Waals surface area contributed by atoms with Crippen molar-refractivity contribution in [3.05, 3.63) is 0 Å². The van der Waals surface area contributed by atoms with Gasteiger partial charge in [-0.2, -0.15) is 0 Å². The lowest BCUT2D eigenvalue weighted by Gasteiger charge is -2.57. The third-order valence-electron chi connectivity index (χ3n) is 17.8. The molecule has 12 nitrogen and oxygen atoms in total. The van der Waals surface area contributed by atoms with Crippen molar-refractivity contribution in [3.8, 4) is 0 Å². The van der Waals surface area contributed by atoms with Crippen LogP contribution in [0.1, 0.15) is 225 Å². The molecule has 64 heavy (non-hydrogen) atoms. The van der Waals surface area contributed by atoms with Crippen molar-refractivity contribution in [1.82, 2.24) is 0 Å². The van der Waals surface area contributed by atoms with Gasteiger partial charge in [-0.3, -0.25) is 5.26 Å². The Morgan fingerprint density at radius 2 is 0.891 bits per heavy atom. The lowest BCUT2D eigenvalue weighted by molar-refractivity contribution is -0.194. The molecule has 370 valence electrons. The first kappa shape index (κ1) is 51.4. The van der Waals surface area contributed by atoms with Crippen LogP contribution in [0.3, 0.4) is 0 Å². The van der Waals surface area contributed by atoms with Crippen molar-refractivity contribution >= 4 is 61.6 Å². The predicted octanol–water partition coefficient (Wildman–Crippen LogP) is 12.7. The summed E-state index contributed by atoms with van der Waals surface area (Å²) in [6, 6.07) is 0. The fourth-order valence-electron chi connectivity index (χ4n) is 13.9. The highest BCUT2D eigenvalue weighted by atomic mass is 28.6. The normalized spacial score (nSPS) is 37.6. The summed E-state index contributed by atoms with van der Waals surface area (Å²) in [5.74, 6) is 0. The van der Waals surface area contributed by atoms with E-state index >= 15 is 0 Å². The summed E-state index contributed by atoms with van der Waals surface area (Å²) in [6.07, 6.45) is 35.8. The average molecular weight is 1020 g/mol. The topological polar surface area (TPSA) is 144 Å². The average Bonchev–Trinajstić information content (AvgIpc) is 3.34. The first-order valence-electron chi connectivity index (χ1n) is 27.2. The van der Waals surface area contributed by atoms with Crippen molar-refractivity contribution in [2.24, 2.45) is 0 Å². The van der Waals surface area contributed by atoms with Gasteiger partial charge in [0.2, 0.25) is 0 Å². The molecule has 1 saturated heterocycles. The zero-order chi connectivity index (χ0) is 44.7. The highest BCUT2D eigenvalue weighted by molar-refractivity contribution is 6.95. The molecular weight excluding hydrogens is 929 g/mol. The molecule has 8 aliphatic rings. The number of hydrogen-bond acceptors (Lipinski definition) is 12. The van der Waals surface area contributed by atoms with Crippen LogP contribution >= 0.6 is 0 Å². The molecule has 0 aromatic rings. The Balaban J connectivity index is 1.30. The molecule has 0 aromatic carbocycles. The molecule has 1 aliphatic heterocycles. The van der Waals surface area contributed by atoms with Crippen LogP contribution in [-0.2, 0) is 37.8 Å². The summed E-state index contributed by atoms with van der Waals surface area (Å²) in [6.45, 7) is 4.70. The minimum Gasteiger partial charge on any atom is -0.419 e. The van der Waals surface area contributed by atoms with Crippen molar-refractivity contribution in [1.29, 1.82) is 0 Å². The van der Waals surface area contributed by atoms with Crippen LogP contribution in [0.25, 0.3) is 0 Å². The number of hydrogen-bond donors (Lipinski definition) is 3. The van der Waals surface area contributed by atoms with Crippen LogP contribution in [0.2, 0.25) is 51.9 Å². The fourth-order valence-corrected chi connectivity index (χ4v) is 51.1. The molecule has 19 heteroatoms. The summed E-state index contributed by atoms with van der Waals surface area (Å²) >= 11 is 0. The van der Waals surface area contributed by atoms with E-state index in [1.54, 1.807) is 7.11 Å². The molecular formula is C45H90O12Si7. The van der Waals surface area contributed by atoms with E-state index in [1.807, 2.05) is 0 Å². The van der Waals surface area contributed by atoms with Gasteiger partial charge in [-0.05, 0) is 95.7 Å². The van der Waals surface area contributed by atoms with E-state index in [1.165, 1.54) is 44.9 Å². The van der Waals surface area contributed by atoms with Crippen molar-refractivity contribution in [2.75, 3.05) is 7.11 Å².